The van der Waals surface area contributed by atoms with Gasteiger partial charge in [-0.1, -0.05) is 60.7 Å². The molecule has 0 saturated heterocycles. The molecule has 0 radical (unpaired) electrons. The van der Waals surface area contributed by atoms with E-state index in [1.165, 1.54) is 0 Å². The molecule has 0 amide bonds. The fraction of sp³-hybridized carbons (Fsp3) is 0. The first-order valence-electron chi connectivity index (χ1n) is 9.08. The first kappa shape index (κ1) is 16.3. The van der Waals surface area contributed by atoms with Crippen LogP contribution in [0.2, 0.25) is 0 Å². The number of rotatable bonds is 3. The summed E-state index contributed by atoms with van der Waals surface area (Å²) in [5.74, 6) is 0.168. The van der Waals surface area contributed by atoms with E-state index in [-0.39, 0.29) is 5.88 Å². The predicted octanol–water partition coefficient (Wildman–Crippen LogP) is 4.62. The Kier molecular flexibility index (Phi) is 3.87. The van der Waals surface area contributed by atoms with Crippen LogP contribution in [0.25, 0.3) is 28.8 Å². The Morgan fingerprint density at radius 2 is 1.64 bits per heavy atom. The average Bonchev–Trinajstić information content (AvgIpc) is 3.28. The van der Waals surface area contributed by atoms with Crippen molar-refractivity contribution >= 4 is 34.4 Å². The van der Waals surface area contributed by atoms with E-state index in [4.69, 9.17) is 0 Å². The van der Waals surface area contributed by atoms with Crippen LogP contribution in [0.3, 0.4) is 0 Å². The Morgan fingerprint density at radius 1 is 0.821 bits per heavy atom. The van der Waals surface area contributed by atoms with Crippen LogP contribution in [0.5, 0.6) is 5.88 Å². The fourth-order valence-corrected chi connectivity index (χ4v) is 3.42. The molecule has 134 valence electrons. The van der Waals surface area contributed by atoms with Crippen LogP contribution in [-0.2, 0) is 0 Å². The molecule has 1 aromatic heterocycles. The van der Waals surface area contributed by atoms with Crippen LogP contribution in [-0.4, -0.2) is 10.1 Å². The number of nitrogens with zero attached hydrogens (tertiary/aromatic N) is 2. The summed E-state index contributed by atoms with van der Waals surface area (Å²) < 4.78 is 0. The third kappa shape index (κ3) is 2.91. The van der Waals surface area contributed by atoms with Crippen LogP contribution in [0.15, 0.2) is 89.1 Å². The molecule has 4 aromatic rings. The van der Waals surface area contributed by atoms with Gasteiger partial charge in [-0.3, -0.25) is 0 Å². The Hall–Kier alpha value is -3.92. The first-order chi connectivity index (χ1) is 13.8. The van der Waals surface area contributed by atoms with E-state index in [1.54, 1.807) is 0 Å². The number of aromatic amines is 1. The van der Waals surface area contributed by atoms with Crippen LogP contribution in [0.4, 0.5) is 5.69 Å². The maximum absolute atomic E-state index is 10.3. The number of azo groups is 1. The molecule has 0 unspecified atom stereocenters. The van der Waals surface area contributed by atoms with Crippen molar-refractivity contribution in [2.75, 3.05) is 0 Å². The summed E-state index contributed by atoms with van der Waals surface area (Å²) in [5, 5.41) is 21.8. The topological polar surface area (TPSA) is 60.7 Å². The van der Waals surface area contributed by atoms with E-state index < -0.39 is 0 Å². The summed E-state index contributed by atoms with van der Waals surface area (Å²) in [4.78, 5) is 3.01. The summed E-state index contributed by atoms with van der Waals surface area (Å²) in [6.07, 6.45) is 5.98. The predicted molar refractivity (Wildman–Crippen MR) is 113 cm³/mol. The lowest BCUT2D eigenvalue weighted by atomic mass is 10.1. The highest BCUT2D eigenvalue weighted by Gasteiger charge is 2.09. The lowest BCUT2D eigenvalue weighted by Crippen LogP contribution is -2.08. The number of H-pyrrole nitrogens is 1. The van der Waals surface area contributed by atoms with Crippen molar-refractivity contribution in [2.45, 2.75) is 0 Å². The van der Waals surface area contributed by atoms with E-state index in [1.807, 2.05) is 78.9 Å². The van der Waals surface area contributed by atoms with Gasteiger partial charge in [-0.25, -0.2) is 0 Å². The highest BCUT2D eigenvalue weighted by Crippen LogP contribution is 2.27. The van der Waals surface area contributed by atoms with Crippen molar-refractivity contribution in [1.29, 1.82) is 0 Å². The van der Waals surface area contributed by atoms with Crippen molar-refractivity contribution in [2.24, 2.45) is 10.2 Å². The molecule has 1 aliphatic rings. The second kappa shape index (κ2) is 6.67. The van der Waals surface area contributed by atoms with Gasteiger partial charge in [0.2, 0.25) is 0 Å². The molecule has 0 fully saturated rings. The van der Waals surface area contributed by atoms with Gasteiger partial charge in [0, 0.05) is 21.7 Å². The molecule has 0 atom stereocenters. The molecule has 0 aliphatic carbocycles. The van der Waals surface area contributed by atoms with Gasteiger partial charge in [0.05, 0.1) is 11.4 Å². The van der Waals surface area contributed by atoms with Crippen LogP contribution in [0, 0.1) is 0 Å². The van der Waals surface area contributed by atoms with Gasteiger partial charge in [0.1, 0.15) is 0 Å². The van der Waals surface area contributed by atoms with Crippen LogP contribution >= 0.6 is 0 Å². The van der Waals surface area contributed by atoms with Crippen molar-refractivity contribution < 1.29 is 5.11 Å². The number of fused-ring (bicyclic) bond motifs is 2. The molecule has 5 rings (SSSR count). The van der Waals surface area contributed by atoms with Crippen LogP contribution < -0.4 is 10.4 Å². The summed E-state index contributed by atoms with van der Waals surface area (Å²) in [5.41, 5.74) is 4.49. The van der Waals surface area contributed by atoms with Crippen LogP contribution in [0.1, 0.15) is 11.1 Å². The van der Waals surface area contributed by atoms with Gasteiger partial charge in [-0.2, -0.15) is 0 Å². The number of hydrogen-bond acceptors (Lipinski definition) is 3. The molecule has 4 heteroatoms. The second-order valence-corrected chi connectivity index (χ2v) is 6.68. The lowest BCUT2D eigenvalue weighted by Gasteiger charge is -1.95. The Morgan fingerprint density at radius 3 is 2.54 bits per heavy atom. The zero-order chi connectivity index (χ0) is 18.9. The average molecular weight is 363 g/mol. The minimum absolute atomic E-state index is 0.168. The highest BCUT2D eigenvalue weighted by atomic mass is 16.3. The third-order valence-corrected chi connectivity index (χ3v) is 4.83. The number of para-hydroxylation sites is 1. The molecule has 3 aromatic carbocycles. The minimum Gasteiger partial charge on any atom is -0.494 e. The number of aromatic nitrogens is 1. The third-order valence-electron chi connectivity index (χ3n) is 4.83. The number of aromatic hydroxyl groups is 1. The summed E-state index contributed by atoms with van der Waals surface area (Å²) >= 11 is 0. The van der Waals surface area contributed by atoms with E-state index >= 15 is 0 Å². The molecule has 2 heterocycles. The number of hydrogen-bond donors (Lipinski definition) is 2. The van der Waals surface area contributed by atoms with Gasteiger partial charge in [-0.05, 0) is 41.1 Å². The fourth-order valence-electron chi connectivity index (χ4n) is 3.42. The second-order valence-electron chi connectivity index (χ2n) is 6.68. The molecule has 28 heavy (non-hydrogen) atoms. The molecule has 0 saturated carbocycles. The normalized spacial score (nSPS) is 13.7. The number of benzene rings is 3. The standard InChI is InChI=1S/C24H17N3O/c28-24-20(18-8-4-5-9-21(18)25-24)14-17-10-12-19-22(26-27-23(19)15-17)13-11-16-6-2-1-3-7-16/h1-15,25,28H/b13-11+,17-14?. The molecule has 0 spiro atoms. The van der Waals surface area contributed by atoms with E-state index in [2.05, 4.69) is 27.3 Å². The summed E-state index contributed by atoms with van der Waals surface area (Å²) in [7, 11) is 0. The monoisotopic (exact) mass is 363 g/mol. The van der Waals surface area contributed by atoms with Crippen molar-refractivity contribution in [3.63, 3.8) is 0 Å². The van der Waals surface area contributed by atoms with Gasteiger partial charge >= 0.3 is 0 Å². The molecule has 0 bridgehead atoms. The summed E-state index contributed by atoms with van der Waals surface area (Å²) in [6.45, 7) is 0. The van der Waals surface area contributed by atoms with Gasteiger partial charge in [0.25, 0.3) is 0 Å². The largest absolute Gasteiger partial charge is 0.494 e. The van der Waals surface area contributed by atoms with Gasteiger partial charge in [-0.15, -0.1) is 10.2 Å². The molecule has 2 N–H and O–H groups in total. The quantitative estimate of drug-likeness (QED) is 0.548. The highest BCUT2D eigenvalue weighted by molar-refractivity contribution is 5.91. The minimum atomic E-state index is 0.168. The molecule has 1 aliphatic heterocycles. The van der Waals surface area contributed by atoms with E-state index in [0.717, 1.165) is 43.9 Å². The van der Waals surface area contributed by atoms with Crippen molar-refractivity contribution in [3.8, 4) is 5.88 Å². The summed E-state index contributed by atoms with van der Waals surface area (Å²) in [6, 6.07) is 24.0. The first-order valence-corrected chi connectivity index (χ1v) is 9.08. The maximum Gasteiger partial charge on any atom is 0.196 e. The SMILES string of the molecule is Oc1[nH]c2ccccc2c1C=c1ccc2c(c1)N=NC=2/C=C/c1ccccc1. The maximum atomic E-state index is 10.3. The molecular formula is C24H17N3O. The molecule has 4 nitrogen and oxygen atoms in total. The zero-order valence-corrected chi connectivity index (χ0v) is 15.0. The molecular weight excluding hydrogens is 346 g/mol. The van der Waals surface area contributed by atoms with E-state index in [9.17, 15) is 5.11 Å². The van der Waals surface area contributed by atoms with Gasteiger partial charge in [0.15, 0.2) is 5.88 Å². The zero-order valence-electron chi connectivity index (χ0n) is 15.0. The van der Waals surface area contributed by atoms with Crippen molar-refractivity contribution in [1.82, 2.24) is 4.98 Å². The Balaban J connectivity index is 1.56. The smallest absolute Gasteiger partial charge is 0.196 e. The Bertz CT molecular complexity index is 1360. The van der Waals surface area contributed by atoms with E-state index in [0.29, 0.717) is 0 Å². The lowest BCUT2D eigenvalue weighted by molar-refractivity contribution is 0.457. The number of nitrogens with one attached hydrogen (secondary N) is 1. The van der Waals surface area contributed by atoms with Gasteiger partial charge < -0.3 is 10.1 Å². The Labute approximate surface area is 161 Å². The van der Waals surface area contributed by atoms with Crippen molar-refractivity contribution in [3.05, 3.63) is 100 Å².